The summed E-state index contributed by atoms with van der Waals surface area (Å²) in [6, 6.07) is 40.9. The Hall–Kier alpha value is -6.60. The highest BCUT2D eigenvalue weighted by atomic mass is 16.5. The molecule has 9 heteroatoms. The van der Waals surface area contributed by atoms with Crippen LogP contribution in [0, 0.1) is 12.3 Å². The quantitative estimate of drug-likeness (QED) is 0.158. The van der Waals surface area contributed by atoms with Gasteiger partial charge in [-0.15, -0.1) is 11.5 Å². The molecule has 3 aromatic heterocycles. The Bertz CT molecular complexity index is 2630. The number of rotatable bonds is 2. The van der Waals surface area contributed by atoms with Gasteiger partial charge in [0.2, 0.25) is 0 Å². The highest BCUT2D eigenvalue weighted by Crippen LogP contribution is 2.33. The van der Waals surface area contributed by atoms with E-state index in [4.69, 9.17) is 35.3 Å². The zero-order chi connectivity index (χ0) is 47.6. The lowest BCUT2D eigenvalue weighted by atomic mass is 9.80. The van der Waals surface area contributed by atoms with Gasteiger partial charge in [-0.1, -0.05) is 116 Å². The third-order valence-corrected chi connectivity index (χ3v) is 11.5. The molecule has 0 N–H and O–H groups in total. The van der Waals surface area contributed by atoms with E-state index in [0.717, 1.165) is 80.8 Å². The maximum atomic E-state index is 5.92. The van der Waals surface area contributed by atoms with E-state index in [0.29, 0.717) is 39.6 Å². The average molecular weight is 896 g/mol. The zero-order valence-electron chi connectivity index (χ0n) is 40.7. The molecule has 4 aromatic carbocycles. The van der Waals surface area contributed by atoms with Crippen molar-refractivity contribution in [1.29, 1.82) is 0 Å². The molecule has 8 bridgehead atoms. The minimum atomic E-state index is 0.000252. The van der Waals surface area contributed by atoms with Crippen molar-refractivity contribution in [1.82, 2.24) is 25.0 Å². The Morgan fingerprint density at radius 3 is 1.46 bits per heavy atom. The second-order valence-electron chi connectivity index (χ2n) is 20.2. The third-order valence-electron chi connectivity index (χ3n) is 11.5. The van der Waals surface area contributed by atoms with Gasteiger partial charge in [0.15, 0.2) is 0 Å². The van der Waals surface area contributed by atoms with E-state index in [1.165, 1.54) is 16.7 Å². The molecule has 0 aliphatic carbocycles. The lowest BCUT2D eigenvalue weighted by molar-refractivity contribution is 0.104. The molecule has 3 aliphatic rings. The number of terminal acetylenes is 1. The largest absolute Gasteiger partial charge is 0.494 e. The van der Waals surface area contributed by atoms with Crippen LogP contribution in [0.4, 0.5) is 0 Å². The number of benzene rings is 4. The van der Waals surface area contributed by atoms with Crippen molar-refractivity contribution in [3.05, 3.63) is 172 Å². The van der Waals surface area contributed by atoms with Gasteiger partial charge >= 0.3 is 0 Å². The van der Waals surface area contributed by atoms with E-state index in [1.807, 2.05) is 102 Å². The highest BCUT2D eigenvalue weighted by Gasteiger charge is 2.22. The highest BCUT2D eigenvalue weighted by molar-refractivity contribution is 5.63. The first-order valence-corrected chi connectivity index (χ1v) is 23.2. The third kappa shape index (κ3) is 13.7. The van der Waals surface area contributed by atoms with E-state index < -0.39 is 0 Å². The van der Waals surface area contributed by atoms with Gasteiger partial charge in [0.25, 0.3) is 0 Å². The van der Waals surface area contributed by atoms with Crippen molar-refractivity contribution in [2.75, 3.05) is 13.2 Å². The summed E-state index contributed by atoms with van der Waals surface area (Å²) in [6.45, 7) is 23.2. The fraction of sp³-hybridized carbons (Fsp3) is 0.345. The Morgan fingerprint density at radius 1 is 0.522 bits per heavy atom. The van der Waals surface area contributed by atoms with Crippen molar-refractivity contribution in [3.63, 3.8) is 0 Å². The van der Waals surface area contributed by atoms with Gasteiger partial charge in [0.05, 0.1) is 74.3 Å². The van der Waals surface area contributed by atoms with Crippen LogP contribution in [0.25, 0.3) is 28.3 Å². The Morgan fingerprint density at radius 2 is 1.00 bits per heavy atom. The van der Waals surface area contributed by atoms with Crippen molar-refractivity contribution < 1.29 is 18.9 Å². The van der Waals surface area contributed by atoms with Crippen LogP contribution in [0.1, 0.15) is 120 Å². The van der Waals surface area contributed by atoms with Crippen LogP contribution in [0.15, 0.2) is 128 Å². The lowest BCUT2D eigenvalue weighted by Crippen LogP contribution is -2.17. The summed E-state index contributed by atoms with van der Waals surface area (Å²) in [4.78, 5) is 9.51. The van der Waals surface area contributed by atoms with E-state index in [9.17, 15) is 0 Å². The molecule has 0 saturated carbocycles. The second kappa shape index (κ2) is 21.4. The molecule has 0 amide bonds. The summed E-state index contributed by atoms with van der Waals surface area (Å²) in [6.07, 6.45) is 9.58. The van der Waals surface area contributed by atoms with Gasteiger partial charge in [-0.05, 0) is 136 Å². The molecular weight excluding hydrogens is 831 g/mol. The molecule has 0 radical (unpaired) electrons. The second-order valence-corrected chi connectivity index (χ2v) is 20.2. The first-order valence-electron chi connectivity index (χ1n) is 23.2. The topological polar surface area (TPSA) is 93.4 Å². The Labute approximate surface area is 397 Å². The van der Waals surface area contributed by atoms with Gasteiger partial charge in [-0.25, -0.2) is 14.6 Å². The van der Waals surface area contributed by atoms with Crippen LogP contribution in [0.5, 0.6) is 11.5 Å². The summed E-state index contributed by atoms with van der Waals surface area (Å²) >= 11 is 0. The van der Waals surface area contributed by atoms with Crippen molar-refractivity contribution in [2.45, 2.75) is 118 Å². The smallest absolute Gasteiger partial charge is 0.119 e. The molecule has 0 fully saturated rings. The summed E-state index contributed by atoms with van der Waals surface area (Å²) in [5.74, 6) is 4.51. The minimum absolute atomic E-state index is 0.000252. The average Bonchev–Trinajstić information content (AvgIpc) is 3.81. The van der Waals surface area contributed by atoms with E-state index in [1.54, 1.807) is 0 Å². The number of aromatic nitrogens is 5. The van der Waals surface area contributed by atoms with Gasteiger partial charge < -0.3 is 18.9 Å². The monoisotopic (exact) mass is 896 g/mol. The van der Waals surface area contributed by atoms with E-state index in [2.05, 4.69) is 109 Å². The first-order chi connectivity index (χ1) is 32.0. The molecule has 346 valence electrons. The number of ether oxygens (including phenoxy) is 4. The van der Waals surface area contributed by atoms with Gasteiger partial charge in [0, 0.05) is 11.1 Å². The van der Waals surface area contributed by atoms with Crippen LogP contribution < -0.4 is 9.47 Å². The van der Waals surface area contributed by atoms with Crippen LogP contribution in [-0.4, -0.2) is 38.2 Å². The van der Waals surface area contributed by atoms with Gasteiger partial charge in [0.1, 0.15) is 17.2 Å². The molecule has 7 aromatic rings. The molecule has 6 heterocycles. The predicted molar refractivity (Wildman–Crippen MR) is 268 cm³/mol. The van der Waals surface area contributed by atoms with Crippen molar-refractivity contribution in [2.24, 2.45) is 0 Å². The normalized spacial score (nSPS) is 14.0. The fourth-order valence-electron chi connectivity index (χ4n) is 7.32. The lowest BCUT2D eigenvalue weighted by Gasteiger charge is -2.26. The SMILES string of the molecule is C#Cc1cc(-c2cn(-c3cc(C(C)(C)C)cc(C(C)(C)C)c3)nn2)cc(C(C)(C)C)c1.c1cc2nc(c1)-c1cccc(n1)COCc1ccc(cc1)OCCCCOc1ccc(cc1)COC2. The maximum Gasteiger partial charge on any atom is 0.119 e. The number of pyridine rings is 2. The molecule has 3 aliphatic heterocycles. The number of hydrogen-bond donors (Lipinski definition) is 0. The summed E-state index contributed by atoms with van der Waals surface area (Å²) in [5, 5.41) is 8.96. The summed E-state index contributed by atoms with van der Waals surface area (Å²) < 4.78 is 25.4. The van der Waals surface area contributed by atoms with Gasteiger partial charge in [-0.3, -0.25) is 0 Å². The summed E-state index contributed by atoms with van der Waals surface area (Å²) in [5.41, 5.74) is 13.1. The Kier molecular flexibility index (Phi) is 15.4. The molecule has 10 rings (SSSR count). The molecular formula is C58H65N5O4. The van der Waals surface area contributed by atoms with Crippen molar-refractivity contribution >= 4 is 0 Å². The number of fused-ring (bicyclic) bond motifs is 2. The standard InChI is InChI=1S/C30H30N2O4.C28H35N3/c1-2-18-36-28-15-11-24(12-16-28)20-34-22-26-6-4-8-30(32-26)29-7-3-5-25(31-29)21-33-19-23-9-13-27(14-10-23)35-17-1;1-11-19-12-20(14-21(13-19)26(2,3)4)25-18-31(30-29-25)24-16-22(27(5,6)7)15-23(17-24)28(8,9)10/h3-16H,1-2,17-22H2;1,12-18H,2-10H3. The zero-order valence-corrected chi connectivity index (χ0v) is 40.7. The molecule has 0 atom stereocenters. The molecule has 67 heavy (non-hydrogen) atoms. The fourth-order valence-corrected chi connectivity index (χ4v) is 7.32. The number of hydrogen-bond acceptors (Lipinski definition) is 8. The van der Waals surface area contributed by atoms with Gasteiger partial charge in [-0.2, -0.15) is 0 Å². The van der Waals surface area contributed by atoms with Crippen LogP contribution >= 0.6 is 0 Å². The molecule has 0 saturated heterocycles. The van der Waals surface area contributed by atoms with Crippen LogP contribution in [0.3, 0.4) is 0 Å². The molecule has 0 spiro atoms. The van der Waals surface area contributed by atoms with E-state index in [-0.39, 0.29) is 16.2 Å². The first kappa shape index (κ1) is 48.3. The van der Waals surface area contributed by atoms with Crippen molar-refractivity contribution in [3.8, 4) is 52.2 Å². The predicted octanol–water partition coefficient (Wildman–Crippen LogP) is 12.9. The molecule has 9 nitrogen and oxygen atoms in total. The minimum Gasteiger partial charge on any atom is -0.494 e. The van der Waals surface area contributed by atoms with E-state index >= 15 is 0 Å². The maximum absolute atomic E-state index is 5.92. The van der Waals surface area contributed by atoms with Crippen LogP contribution in [-0.2, 0) is 52.1 Å². The summed E-state index contributed by atoms with van der Waals surface area (Å²) in [7, 11) is 0. The number of nitrogens with zero attached hydrogens (tertiary/aromatic N) is 5. The Balaban J connectivity index is 0.000000201. The van der Waals surface area contributed by atoms with Crippen LogP contribution in [0.2, 0.25) is 0 Å². The molecule has 0 unspecified atom stereocenters.